The predicted octanol–water partition coefficient (Wildman–Crippen LogP) is 5.16. The van der Waals surface area contributed by atoms with Crippen molar-refractivity contribution in [1.82, 2.24) is 9.80 Å². The molecule has 0 radical (unpaired) electrons. The zero-order chi connectivity index (χ0) is 25.0. The van der Waals surface area contributed by atoms with Crippen molar-refractivity contribution >= 4 is 58.2 Å². The number of hydrogen-bond acceptors (Lipinski definition) is 3. The van der Waals surface area contributed by atoms with Crippen LogP contribution in [0.5, 0.6) is 0 Å². The molecular formula is C26H28ClFN4O2S. The third kappa shape index (κ3) is 6.18. The van der Waals surface area contributed by atoms with Crippen molar-refractivity contribution < 1.29 is 14.0 Å². The Morgan fingerprint density at radius 1 is 1.03 bits per heavy atom. The maximum atomic E-state index is 13.9. The molecule has 0 bridgehead atoms. The SMILES string of the molecule is CC(=O)Nc1cc(Cl)ccc1/C=C/C(=O)N1CCC2(CCN(C(=S)Nc3ccccc3F)CC2)C1. The molecule has 4 rings (SSSR count). The van der Waals surface area contributed by atoms with Crippen LogP contribution < -0.4 is 10.6 Å². The van der Waals surface area contributed by atoms with Gasteiger partial charge in [0.1, 0.15) is 5.82 Å². The molecule has 2 heterocycles. The maximum Gasteiger partial charge on any atom is 0.246 e. The number of carbonyl (C=O) groups excluding carboxylic acids is 2. The number of amides is 2. The summed E-state index contributed by atoms with van der Waals surface area (Å²) in [6.45, 7) is 4.38. The molecule has 0 aliphatic carbocycles. The van der Waals surface area contributed by atoms with Gasteiger partial charge in [-0.1, -0.05) is 29.8 Å². The molecule has 184 valence electrons. The summed E-state index contributed by atoms with van der Waals surface area (Å²) in [6.07, 6.45) is 6.05. The lowest BCUT2D eigenvalue weighted by Crippen LogP contribution is -2.46. The number of thiocarbonyl (C=S) groups is 1. The molecule has 2 amide bonds. The van der Waals surface area contributed by atoms with Crippen molar-refractivity contribution in [2.24, 2.45) is 5.41 Å². The van der Waals surface area contributed by atoms with Crippen LogP contribution in [0.4, 0.5) is 15.8 Å². The maximum absolute atomic E-state index is 13.9. The quantitative estimate of drug-likeness (QED) is 0.436. The molecule has 0 aromatic heterocycles. The summed E-state index contributed by atoms with van der Waals surface area (Å²) in [5, 5.41) is 6.79. The lowest BCUT2D eigenvalue weighted by atomic mass is 9.78. The molecule has 0 unspecified atom stereocenters. The summed E-state index contributed by atoms with van der Waals surface area (Å²) in [4.78, 5) is 28.3. The third-order valence-corrected chi connectivity index (χ3v) is 7.30. The Labute approximate surface area is 215 Å². The van der Waals surface area contributed by atoms with Gasteiger partial charge in [-0.15, -0.1) is 0 Å². The molecule has 2 saturated heterocycles. The van der Waals surface area contributed by atoms with Gasteiger partial charge in [0, 0.05) is 49.9 Å². The van der Waals surface area contributed by atoms with Gasteiger partial charge in [0.2, 0.25) is 11.8 Å². The molecule has 2 aromatic carbocycles. The zero-order valence-electron chi connectivity index (χ0n) is 19.5. The predicted molar refractivity (Wildman–Crippen MR) is 142 cm³/mol. The molecule has 2 fully saturated rings. The van der Waals surface area contributed by atoms with Crippen LogP contribution in [0, 0.1) is 11.2 Å². The number of halogens is 2. The minimum atomic E-state index is -0.330. The van der Waals surface area contributed by atoms with E-state index in [1.165, 1.54) is 13.0 Å². The summed E-state index contributed by atoms with van der Waals surface area (Å²) >= 11 is 11.6. The standard InChI is InChI=1S/C26H28ClFN4O2S/c1-18(33)29-23-16-20(27)8-6-19(23)7-9-24(34)32-15-12-26(17-32)10-13-31(14-11-26)25(35)30-22-5-3-2-4-21(22)28/h2-9,16H,10-15,17H2,1H3,(H,29,33)(H,30,35)/b9-7+. The molecule has 0 saturated carbocycles. The van der Waals surface area contributed by atoms with Crippen LogP contribution in [0.1, 0.15) is 31.7 Å². The second kappa shape index (κ2) is 10.7. The average molecular weight is 515 g/mol. The summed E-state index contributed by atoms with van der Waals surface area (Å²) in [5.74, 6) is -0.585. The first-order valence-corrected chi connectivity index (χ1v) is 12.4. The van der Waals surface area contributed by atoms with Crippen molar-refractivity contribution in [3.63, 3.8) is 0 Å². The highest BCUT2D eigenvalue weighted by Crippen LogP contribution is 2.40. The Bertz CT molecular complexity index is 1160. The molecule has 35 heavy (non-hydrogen) atoms. The van der Waals surface area contributed by atoms with E-state index in [4.69, 9.17) is 23.8 Å². The van der Waals surface area contributed by atoms with E-state index in [1.54, 1.807) is 48.6 Å². The van der Waals surface area contributed by atoms with Crippen molar-refractivity contribution in [2.75, 3.05) is 36.8 Å². The second-order valence-electron chi connectivity index (χ2n) is 9.15. The first-order chi connectivity index (χ1) is 16.7. The van der Waals surface area contributed by atoms with Crippen molar-refractivity contribution in [2.45, 2.75) is 26.2 Å². The van der Waals surface area contributed by atoms with Gasteiger partial charge < -0.3 is 20.4 Å². The number of likely N-dealkylation sites (tertiary alicyclic amines) is 2. The van der Waals surface area contributed by atoms with Crippen LogP contribution in [-0.4, -0.2) is 52.9 Å². The molecule has 1 spiro atoms. The fourth-order valence-corrected chi connectivity index (χ4v) is 5.18. The van der Waals surface area contributed by atoms with E-state index in [-0.39, 0.29) is 23.0 Å². The number of para-hydroxylation sites is 1. The van der Waals surface area contributed by atoms with Gasteiger partial charge in [-0.2, -0.15) is 0 Å². The van der Waals surface area contributed by atoms with Crippen LogP contribution in [0.2, 0.25) is 5.02 Å². The summed E-state index contributed by atoms with van der Waals surface area (Å²) in [7, 11) is 0. The Balaban J connectivity index is 1.32. The Kier molecular flexibility index (Phi) is 7.72. The van der Waals surface area contributed by atoms with Gasteiger partial charge in [-0.25, -0.2) is 4.39 Å². The van der Waals surface area contributed by atoms with Gasteiger partial charge in [-0.3, -0.25) is 9.59 Å². The molecule has 9 heteroatoms. The normalized spacial score (nSPS) is 17.1. The van der Waals surface area contributed by atoms with Crippen molar-refractivity contribution in [1.29, 1.82) is 0 Å². The van der Waals surface area contributed by atoms with E-state index in [9.17, 15) is 14.0 Å². The number of benzene rings is 2. The first kappa shape index (κ1) is 25.1. The Morgan fingerprint density at radius 2 is 1.71 bits per heavy atom. The van der Waals surface area contributed by atoms with E-state index in [2.05, 4.69) is 15.5 Å². The van der Waals surface area contributed by atoms with Crippen LogP contribution in [0.3, 0.4) is 0 Å². The number of piperidine rings is 1. The van der Waals surface area contributed by atoms with E-state index in [0.717, 1.165) is 37.9 Å². The number of anilines is 2. The lowest BCUT2D eigenvalue weighted by molar-refractivity contribution is -0.125. The number of carbonyl (C=O) groups is 2. The molecule has 2 N–H and O–H groups in total. The van der Waals surface area contributed by atoms with Gasteiger partial charge in [0.25, 0.3) is 0 Å². The summed E-state index contributed by atoms with van der Waals surface area (Å²) < 4.78 is 13.9. The molecule has 2 aliphatic heterocycles. The monoisotopic (exact) mass is 514 g/mol. The highest BCUT2D eigenvalue weighted by Gasteiger charge is 2.42. The number of rotatable bonds is 4. The smallest absolute Gasteiger partial charge is 0.246 e. The third-order valence-electron chi connectivity index (χ3n) is 6.71. The summed E-state index contributed by atoms with van der Waals surface area (Å²) in [6, 6.07) is 11.7. The van der Waals surface area contributed by atoms with E-state index in [1.807, 2.05) is 4.90 Å². The van der Waals surface area contributed by atoms with Gasteiger partial charge in [0.15, 0.2) is 5.11 Å². The van der Waals surface area contributed by atoms with Crippen LogP contribution in [0.15, 0.2) is 48.5 Å². The van der Waals surface area contributed by atoms with Crippen molar-refractivity contribution in [3.8, 4) is 0 Å². The van der Waals surface area contributed by atoms with Crippen LogP contribution >= 0.6 is 23.8 Å². The fourth-order valence-electron chi connectivity index (χ4n) is 4.71. The highest BCUT2D eigenvalue weighted by molar-refractivity contribution is 7.80. The molecule has 2 aliphatic rings. The first-order valence-electron chi connectivity index (χ1n) is 11.6. The number of nitrogens with one attached hydrogen (secondary N) is 2. The average Bonchev–Trinajstić information content (AvgIpc) is 3.23. The van der Waals surface area contributed by atoms with Gasteiger partial charge in [-0.05, 0) is 72.8 Å². The summed E-state index contributed by atoms with van der Waals surface area (Å²) in [5.41, 5.74) is 1.75. The largest absolute Gasteiger partial charge is 0.349 e. The Hall–Kier alpha value is -2.97. The molecule has 6 nitrogen and oxygen atoms in total. The second-order valence-corrected chi connectivity index (χ2v) is 9.98. The fraction of sp³-hybridized carbons (Fsp3) is 0.346. The number of hydrogen-bond donors (Lipinski definition) is 2. The molecule has 0 atom stereocenters. The van der Waals surface area contributed by atoms with Gasteiger partial charge >= 0.3 is 0 Å². The van der Waals surface area contributed by atoms with Crippen LogP contribution in [0.25, 0.3) is 6.08 Å². The van der Waals surface area contributed by atoms with Crippen LogP contribution in [-0.2, 0) is 9.59 Å². The topological polar surface area (TPSA) is 64.7 Å². The van der Waals surface area contributed by atoms with E-state index < -0.39 is 0 Å². The van der Waals surface area contributed by atoms with Gasteiger partial charge in [0.05, 0.1) is 5.69 Å². The lowest BCUT2D eigenvalue weighted by Gasteiger charge is -2.40. The van der Waals surface area contributed by atoms with Crippen molar-refractivity contribution in [3.05, 3.63) is 64.9 Å². The zero-order valence-corrected chi connectivity index (χ0v) is 21.1. The van der Waals surface area contributed by atoms with E-state index >= 15 is 0 Å². The van der Waals surface area contributed by atoms with E-state index in [0.29, 0.717) is 34.6 Å². The Morgan fingerprint density at radius 3 is 2.40 bits per heavy atom. The highest BCUT2D eigenvalue weighted by atomic mass is 35.5. The number of nitrogens with zero attached hydrogens (tertiary/aromatic N) is 2. The molecular weight excluding hydrogens is 487 g/mol. The minimum absolute atomic E-state index is 0.0511. The molecule has 2 aromatic rings. The minimum Gasteiger partial charge on any atom is -0.349 e.